The lowest BCUT2D eigenvalue weighted by Gasteiger charge is -2.32. The largest absolute Gasteiger partial charge is 0.404 e. The topological polar surface area (TPSA) is 158 Å². The maximum absolute atomic E-state index is 14.3. The van der Waals surface area contributed by atoms with Crippen molar-refractivity contribution < 1.29 is 19.7 Å². The molecular formula is C36H49N5O5. The van der Waals surface area contributed by atoms with Crippen molar-refractivity contribution in [2.75, 3.05) is 13.2 Å². The Labute approximate surface area is 271 Å². The molecule has 2 aromatic carbocycles. The number of nitrogens with two attached hydrogens (primary N) is 2. The monoisotopic (exact) mass is 631 g/mol. The van der Waals surface area contributed by atoms with Crippen LogP contribution in [0.2, 0.25) is 0 Å². The summed E-state index contributed by atoms with van der Waals surface area (Å²) >= 11 is 0. The fourth-order valence-electron chi connectivity index (χ4n) is 5.94. The van der Waals surface area contributed by atoms with Crippen LogP contribution in [0, 0.1) is 0 Å². The molecule has 46 heavy (non-hydrogen) atoms. The van der Waals surface area contributed by atoms with Crippen LogP contribution in [0.5, 0.6) is 0 Å². The number of aliphatic hydroxyl groups is 2. The molecule has 1 heterocycles. The third kappa shape index (κ3) is 9.13. The molecule has 6 N–H and O–H groups in total. The molecule has 10 nitrogen and oxygen atoms in total. The van der Waals surface area contributed by atoms with Gasteiger partial charge in [0.25, 0.3) is 12.0 Å². The van der Waals surface area contributed by atoms with Crippen molar-refractivity contribution in [3.8, 4) is 11.1 Å². The van der Waals surface area contributed by atoms with E-state index < -0.39 is 12.0 Å². The molecule has 1 fully saturated rings. The zero-order valence-corrected chi connectivity index (χ0v) is 27.5. The van der Waals surface area contributed by atoms with Gasteiger partial charge in [0.05, 0.1) is 24.0 Å². The van der Waals surface area contributed by atoms with Gasteiger partial charge in [-0.15, -0.1) is 0 Å². The summed E-state index contributed by atoms with van der Waals surface area (Å²) in [6, 6.07) is 15.6. The number of rotatable bonds is 14. The van der Waals surface area contributed by atoms with Crippen molar-refractivity contribution in [1.82, 2.24) is 9.55 Å². The number of aryl methyl sites for hydroxylation is 1. The summed E-state index contributed by atoms with van der Waals surface area (Å²) < 4.78 is 12.9. The number of aliphatic imine (C=N–C) groups is 1. The first-order chi connectivity index (χ1) is 22.0. The minimum Gasteiger partial charge on any atom is -0.404 e. The Morgan fingerprint density at radius 3 is 2.46 bits per heavy atom. The zero-order valence-electron chi connectivity index (χ0n) is 27.5. The second kappa shape index (κ2) is 16.1. The van der Waals surface area contributed by atoms with E-state index in [9.17, 15) is 15.0 Å². The van der Waals surface area contributed by atoms with Crippen molar-refractivity contribution in [3.05, 3.63) is 93.3 Å². The number of aromatic nitrogens is 2. The zero-order chi connectivity index (χ0) is 33.3. The second-order valence-corrected chi connectivity index (χ2v) is 12.4. The fourth-order valence-corrected chi connectivity index (χ4v) is 5.94. The van der Waals surface area contributed by atoms with E-state index in [4.69, 9.17) is 25.9 Å². The van der Waals surface area contributed by atoms with E-state index in [0.717, 1.165) is 54.5 Å². The Hall–Kier alpha value is -3.83. The first kappa shape index (κ1) is 35.0. The molecule has 0 spiro atoms. The molecular weight excluding hydrogens is 582 g/mol. The molecule has 0 aliphatic heterocycles. The fraction of sp³-hybridized carbons (Fsp3) is 0.472. The SMILES string of the molecule is CCCc1nc(C=CN)n(C2CCC(OCC(C)(C)O)CC2)c(=O)c1Cc1ccc(-c2ccccc2C(N)=NC(O)OCC)cc1. The van der Waals surface area contributed by atoms with Gasteiger partial charge in [0.1, 0.15) is 11.7 Å². The highest BCUT2D eigenvalue weighted by atomic mass is 16.6. The predicted molar refractivity (Wildman–Crippen MR) is 182 cm³/mol. The van der Waals surface area contributed by atoms with Crippen LogP contribution < -0.4 is 17.0 Å². The van der Waals surface area contributed by atoms with E-state index in [1.54, 1.807) is 26.8 Å². The van der Waals surface area contributed by atoms with E-state index in [-0.39, 0.29) is 30.1 Å². The molecule has 248 valence electrons. The van der Waals surface area contributed by atoms with Crippen molar-refractivity contribution in [1.29, 1.82) is 0 Å². The minimum absolute atomic E-state index is 0.0186. The van der Waals surface area contributed by atoms with E-state index in [1.807, 2.05) is 53.1 Å². The highest BCUT2D eigenvalue weighted by Crippen LogP contribution is 2.31. The first-order valence-corrected chi connectivity index (χ1v) is 16.2. The molecule has 3 aromatic rings. The molecule has 1 atom stereocenters. The van der Waals surface area contributed by atoms with Crippen LogP contribution in [0.4, 0.5) is 0 Å². The number of hydrogen-bond donors (Lipinski definition) is 4. The number of benzene rings is 2. The maximum Gasteiger partial charge on any atom is 0.257 e. The number of hydrogen-bond acceptors (Lipinski definition) is 8. The Balaban J connectivity index is 1.62. The molecule has 0 bridgehead atoms. The minimum atomic E-state index is -1.33. The van der Waals surface area contributed by atoms with Gasteiger partial charge >= 0.3 is 0 Å². The highest BCUT2D eigenvalue weighted by molar-refractivity contribution is 6.03. The maximum atomic E-state index is 14.3. The van der Waals surface area contributed by atoms with Crippen molar-refractivity contribution in [2.24, 2.45) is 16.5 Å². The number of nitrogens with zero attached hydrogens (tertiary/aromatic N) is 3. The molecule has 1 aromatic heterocycles. The van der Waals surface area contributed by atoms with Crippen LogP contribution in [-0.2, 0) is 22.3 Å². The Morgan fingerprint density at radius 1 is 1.13 bits per heavy atom. The van der Waals surface area contributed by atoms with E-state index in [2.05, 4.69) is 11.9 Å². The molecule has 0 saturated heterocycles. The Kier molecular flexibility index (Phi) is 12.3. The second-order valence-electron chi connectivity index (χ2n) is 12.4. The normalized spacial score (nSPS) is 18.3. The molecule has 1 unspecified atom stereocenters. The first-order valence-electron chi connectivity index (χ1n) is 16.2. The predicted octanol–water partition coefficient (Wildman–Crippen LogP) is 4.67. The van der Waals surface area contributed by atoms with Gasteiger partial charge in [-0.2, -0.15) is 0 Å². The quantitative estimate of drug-likeness (QED) is 0.114. The van der Waals surface area contributed by atoms with Crippen molar-refractivity contribution in [2.45, 2.75) is 96.8 Å². The third-order valence-electron chi connectivity index (χ3n) is 8.15. The van der Waals surface area contributed by atoms with Crippen molar-refractivity contribution >= 4 is 11.9 Å². The number of ether oxygens (including phenoxy) is 2. The molecule has 1 saturated carbocycles. The summed E-state index contributed by atoms with van der Waals surface area (Å²) in [5.74, 6) is 0.766. The molecule has 4 rings (SSSR count). The Morgan fingerprint density at radius 2 is 1.83 bits per heavy atom. The lowest BCUT2D eigenvalue weighted by molar-refractivity contribution is -0.0869. The summed E-state index contributed by atoms with van der Waals surface area (Å²) in [5.41, 5.74) is 16.1. The smallest absolute Gasteiger partial charge is 0.257 e. The van der Waals surface area contributed by atoms with Crippen LogP contribution in [0.25, 0.3) is 17.2 Å². The lowest BCUT2D eigenvalue weighted by atomic mass is 9.91. The summed E-state index contributed by atoms with van der Waals surface area (Å²) in [4.78, 5) is 23.3. The van der Waals surface area contributed by atoms with Gasteiger partial charge in [-0.05, 0) is 81.8 Å². The highest BCUT2D eigenvalue weighted by Gasteiger charge is 2.28. The summed E-state index contributed by atoms with van der Waals surface area (Å²) in [5, 5.41) is 20.0. The molecule has 1 aliphatic carbocycles. The van der Waals surface area contributed by atoms with Crippen LogP contribution in [0.3, 0.4) is 0 Å². The Bertz CT molecular complexity index is 1550. The van der Waals surface area contributed by atoms with Gasteiger partial charge in [0.15, 0.2) is 0 Å². The lowest BCUT2D eigenvalue weighted by Crippen LogP contribution is -2.36. The van der Waals surface area contributed by atoms with Gasteiger partial charge in [0, 0.05) is 30.2 Å². The summed E-state index contributed by atoms with van der Waals surface area (Å²) in [6.45, 7) is 7.93. The van der Waals surface area contributed by atoms with Gasteiger partial charge in [-0.3, -0.25) is 9.36 Å². The van der Waals surface area contributed by atoms with Gasteiger partial charge in [-0.1, -0.05) is 61.9 Å². The molecule has 0 amide bonds. The average Bonchev–Trinajstić information content (AvgIpc) is 3.03. The van der Waals surface area contributed by atoms with Crippen LogP contribution in [-0.4, -0.2) is 56.9 Å². The molecule has 10 heteroatoms. The van der Waals surface area contributed by atoms with Gasteiger partial charge < -0.3 is 31.2 Å². The number of amidine groups is 1. The number of aliphatic hydroxyl groups excluding tert-OH is 1. The molecule has 0 radical (unpaired) electrons. The average molecular weight is 632 g/mol. The standard InChI is InChI=1S/C36H49N5O5/c1-5-9-31-30(34(42)41(32(39-31)20-21-37)26-16-18-27(19-17-26)46-23-36(3,4)44)22-24-12-14-25(15-13-24)28-10-7-8-11-29(28)33(38)40-35(43)45-6-2/h7-8,10-15,20-21,26-27,35,43-44H,5-6,9,16-19,22-23,37H2,1-4H3,(H2,38,40). The molecule has 1 aliphatic rings. The summed E-state index contributed by atoms with van der Waals surface area (Å²) in [7, 11) is 0. The van der Waals surface area contributed by atoms with Gasteiger partial charge in [0.2, 0.25) is 0 Å². The van der Waals surface area contributed by atoms with E-state index in [0.29, 0.717) is 36.4 Å². The summed E-state index contributed by atoms with van der Waals surface area (Å²) in [6.07, 6.45) is 7.03. The van der Waals surface area contributed by atoms with Crippen LogP contribution in [0.1, 0.15) is 94.0 Å². The van der Waals surface area contributed by atoms with Crippen LogP contribution >= 0.6 is 0 Å². The van der Waals surface area contributed by atoms with Crippen LogP contribution in [0.15, 0.2) is 64.5 Å². The van der Waals surface area contributed by atoms with Gasteiger partial charge in [-0.25, -0.2) is 9.98 Å². The third-order valence-corrected chi connectivity index (χ3v) is 8.15. The van der Waals surface area contributed by atoms with Crippen molar-refractivity contribution in [3.63, 3.8) is 0 Å². The van der Waals surface area contributed by atoms with E-state index >= 15 is 0 Å². The van der Waals surface area contributed by atoms with E-state index in [1.165, 1.54) is 6.20 Å².